The van der Waals surface area contributed by atoms with Gasteiger partial charge in [-0.15, -0.1) is 0 Å². The summed E-state index contributed by atoms with van der Waals surface area (Å²) in [4.78, 5) is 14.2. The zero-order valence-electron chi connectivity index (χ0n) is 12.0. The molecule has 0 aromatic heterocycles. The van der Waals surface area contributed by atoms with Crippen LogP contribution in [0, 0.1) is 0 Å². The van der Waals surface area contributed by atoms with Crippen molar-refractivity contribution in [1.82, 2.24) is 9.62 Å². The monoisotopic (exact) mass is 312 g/mol. The van der Waals surface area contributed by atoms with Crippen LogP contribution in [0.4, 0.5) is 0 Å². The Morgan fingerprint density at radius 1 is 1.29 bits per heavy atom. The molecule has 1 amide bonds. The first-order chi connectivity index (χ1) is 9.96. The highest BCUT2D eigenvalue weighted by atomic mass is 32.2. The molecule has 0 radical (unpaired) electrons. The maximum Gasteiger partial charge on any atom is 0.241 e. The number of nitrogens with one attached hydrogen (secondary N) is 1. The molecule has 7 heteroatoms. The minimum absolute atomic E-state index is 0.201. The van der Waals surface area contributed by atoms with E-state index in [1.54, 1.807) is 4.90 Å². The molecule has 0 spiro atoms. The van der Waals surface area contributed by atoms with Crippen LogP contribution in [-0.2, 0) is 26.0 Å². The molecule has 1 aromatic rings. The average molecular weight is 312 g/mol. The predicted molar refractivity (Wildman–Crippen MR) is 79.3 cm³/mol. The number of nitrogens with zero attached hydrogens (tertiary/aromatic N) is 1. The van der Waals surface area contributed by atoms with Crippen LogP contribution >= 0.6 is 0 Å². The molecule has 1 aromatic carbocycles. The Morgan fingerprint density at radius 2 is 1.90 bits per heavy atom. The van der Waals surface area contributed by atoms with E-state index in [-0.39, 0.29) is 5.91 Å². The van der Waals surface area contributed by atoms with Crippen LogP contribution in [0.25, 0.3) is 0 Å². The highest BCUT2D eigenvalue weighted by Crippen LogP contribution is 2.08. The number of rotatable bonds is 5. The van der Waals surface area contributed by atoms with Gasteiger partial charge in [0.1, 0.15) is 6.04 Å². The Balaban J connectivity index is 2.12. The van der Waals surface area contributed by atoms with E-state index < -0.39 is 16.1 Å². The summed E-state index contributed by atoms with van der Waals surface area (Å²) in [6.45, 7) is 1.97. The fraction of sp³-hybridized carbons (Fsp3) is 0.500. The van der Waals surface area contributed by atoms with Crippen molar-refractivity contribution in [1.29, 1.82) is 0 Å². The zero-order chi connectivity index (χ0) is 15.3. The second kappa shape index (κ2) is 7.02. The van der Waals surface area contributed by atoms with Gasteiger partial charge >= 0.3 is 0 Å². The molecule has 1 aliphatic heterocycles. The highest BCUT2D eigenvalue weighted by Gasteiger charge is 2.28. The van der Waals surface area contributed by atoms with Gasteiger partial charge in [0.25, 0.3) is 0 Å². The minimum Gasteiger partial charge on any atom is -0.378 e. The van der Waals surface area contributed by atoms with Gasteiger partial charge in [0.05, 0.1) is 19.5 Å². The van der Waals surface area contributed by atoms with Crippen molar-refractivity contribution in [2.45, 2.75) is 12.5 Å². The number of ether oxygens (including phenoxy) is 1. The van der Waals surface area contributed by atoms with E-state index in [0.29, 0.717) is 32.7 Å². The number of morpholine rings is 1. The van der Waals surface area contributed by atoms with Gasteiger partial charge in [0, 0.05) is 13.1 Å². The number of benzene rings is 1. The minimum atomic E-state index is -3.46. The molecular formula is C14H20N2O4S. The average Bonchev–Trinajstić information content (AvgIpc) is 2.46. The van der Waals surface area contributed by atoms with Crippen LogP contribution in [0.5, 0.6) is 0 Å². The summed E-state index contributed by atoms with van der Waals surface area (Å²) in [6, 6.07) is 8.60. The summed E-state index contributed by atoms with van der Waals surface area (Å²) in [5, 5.41) is 0. The molecule has 1 saturated heterocycles. The van der Waals surface area contributed by atoms with E-state index in [1.807, 2.05) is 30.3 Å². The quantitative estimate of drug-likeness (QED) is 0.831. The summed E-state index contributed by atoms with van der Waals surface area (Å²) in [5.74, 6) is -0.201. The Morgan fingerprint density at radius 3 is 2.48 bits per heavy atom. The Labute approximate surface area is 125 Å². The number of sulfonamides is 1. The van der Waals surface area contributed by atoms with Crippen molar-refractivity contribution >= 4 is 15.9 Å². The van der Waals surface area contributed by atoms with Crippen LogP contribution in [0.2, 0.25) is 0 Å². The molecule has 6 nitrogen and oxygen atoms in total. The van der Waals surface area contributed by atoms with Gasteiger partial charge in [0.15, 0.2) is 0 Å². The van der Waals surface area contributed by atoms with Crippen LogP contribution in [0.15, 0.2) is 30.3 Å². The van der Waals surface area contributed by atoms with Crippen LogP contribution in [0.3, 0.4) is 0 Å². The van der Waals surface area contributed by atoms with Crippen molar-refractivity contribution in [2.75, 3.05) is 32.6 Å². The lowest BCUT2D eigenvalue weighted by Gasteiger charge is -2.30. The van der Waals surface area contributed by atoms with E-state index in [2.05, 4.69) is 4.72 Å². The molecule has 21 heavy (non-hydrogen) atoms. The lowest BCUT2D eigenvalue weighted by molar-refractivity contribution is -0.137. The van der Waals surface area contributed by atoms with E-state index in [4.69, 9.17) is 4.74 Å². The van der Waals surface area contributed by atoms with E-state index in [9.17, 15) is 13.2 Å². The van der Waals surface area contributed by atoms with Crippen molar-refractivity contribution in [3.8, 4) is 0 Å². The Kier molecular flexibility index (Phi) is 5.33. The molecule has 0 saturated carbocycles. The largest absolute Gasteiger partial charge is 0.378 e. The number of carbonyl (C=O) groups is 1. The third-order valence-corrected chi connectivity index (χ3v) is 3.97. The second-order valence-electron chi connectivity index (χ2n) is 5.07. The Hall–Kier alpha value is -1.44. The molecular weight excluding hydrogens is 292 g/mol. The van der Waals surface area contributed by atoms with Crippen LogP contribution in [0.1, 0.15) is 5.56 Å². The molecule has 0 unspecified atom stereocenters. The third-order valence-electron chi connectivity index (χ3n) is 3.26. The van der Waals surface area contributed by atoms with Gasteiger partial charge in [-0.2, -0.15) is 0 Å². The zero-order valence-corrected chi connectivity index (χ0v) is 12.8. The molecule has 1 aliphatic rings. The summed E-state index contributed by atoms with van der Waals surface area (Å²) >= 11 is 0. The van der Waals surface area contributed by atoms with E-state index >= 15 is 0 Å². The fourth-order valence-corrected chi connectivity index (χ4v) is 2.99. The van der Waals surface area contributed by atoms with Crippen LogP contribution < -0.4 is 4.72 Å². The van der Waals surface area contributed by atoms with Gasteiger partial charge in [-0.05, 0) is 12.0 Å². The topological polar surface area (TPSA) is 75.7 Å². The SMILES string of the molecule is CS(=O)(=O)N[C@@H](Cc1ccccc1)C(=O)N1CCOCC1. The number of amides is 1. The molecule has 1 atom stereocenters. The lowest BCUT2D eigenvalue weighted by Crippen LogP contribution is -2.52. The highest BCUT2D eigenvalue weighted by molar-refractivity contribution is 7.88. The molecule has 1 fully saturated rings. The standard InChI is InChI=1S/C14H20N2O4S/c1-21(18,19)15-13(11-12-5-3-2-4-6-12)14(17)16-7-9-20-10-8-16/h2-6,13,15H,7-11H2,1H3/t13-/m0/s1. The maximum atomic E-state index is 12.5. The van der Waals surface area contributed by atoms with Crippen LogP contribution in [-0.4, -0.2) is 57.8 Å². The lowest BCUT2D eigenvalue weighted by atomic mass is 10.1. The fourth-order valence-electron chi connectivity index (χ4n) is 2.29. The first-order valence-electron chi connectivity index (χ1n) is 6.83. The first kappa shape index (κ1) is 15.9. The number of hydrogen-bond acceptors (Lipinski definition) is 4. The third kappa shape index (κ3) is 5.11. The summed E-state index contributed by atoms with van der Waals surface area (Å²) < 4.78 is 30.7. The van der Waals surface area contributed by atoms with Gasteiger partial charge in [-0.3, -0.25) is 4.79 Å². The number of carbonyl (C=O) groups excluding carboxylic acids is 1. The van der Waals surface area contributed by atoms with Crippen molar-refractivity contribution in [3.05, 3.63) is 35.9 Å². The maximum absolute atomic E-state index is 12.5. The summed E-state index contributed by atoms with van der Waals surface area (Å²) in [7, 11) is -3.46. The molecule has 2 rings (SSSR count). The van der Waals surface area contributed by atoms with E-state index in [0.717, 1.165) is 11.8 Å². The van der Waals surface area contributed by atoms with Crippen molar-refractivity contribution < 1.29 is 17.9 Å². The molecule has 0 bridgehead atoms. The number of hydrogen-bond donors (Lipinski definition) is 1. The molecule has 0 aliphatic carbocycles. The molecule has 1 N–H and O–H groups in total. The van der Waals surface area contributed by atoms with E-state index in [1.165, 1.54) is 0 Å². The van der Waals surface area contributed by atoms with Gasteiger partial charge in [0.2, 0.25) is 15.9 Å². The molecule has 116 valence electrons. The van der Waals surface area contributed by atoms with Gasteiger partial charge in [-0.25, -0.2) is 13.1 Å². The van der Waals surface area contributed by atoms with Crippen molar-refractivity contribution in [3.63, 3.8) is 0 Å². The van der Waals surface area contributed by atoms with Crippen molar-refractivity contribution in [2.24, 2.45) is 0 Å². The van der Waals surface area contributed by atoms with Gasteiger partial charge in [-0.1, -0.05) is 30.3 Å². The first-order valence-corrected chi connectivity index (χ1v) is 8.72. The predicted octanol–water partition coefficient (Wildman–Crippen LogP) is 0.00570. The second-order valence-corrected chi connectivity index (χ2v) is 6.85. The summed E-state index contributed by atoms with van der Waals surface area (Å²) in [6.07, 6.45) is 1.40. The summed E-state index contributed by atoms with van der Waals surface area (Å²) in [5.41, 5.74) is 0.917. The smallest absolute Gasteiger partial charge is 0.241 e. The normalized spacial score (nSPS) is 17.5. The molecule has 1 heterocycles. The van der Waals surface area contributed by atoms with Gasteiger partial charge < -0.3 is 9.64 Å². The Bertz CT molecular complexity index is 568.